The van der Waals surface area contributed by atoms with Crippen molar-refractivity contribution < 1.29 is 4.74 Å². The third-order valence-corrected chi connectivity index (χ3v) is 3.56. The summed E-state index contributed by atoms with van der Waals surface area (Å²) in [5.74, 6) is 2.05. The van der Waals surface area contributed by atoms with Crippen LogP contribution in [0, 0.1) is 5.92 Å². The molecule has 2 aromatic rings. The molecule has 6 nitrogen and oxygen atoms in total. The van der Waals surface area contributed by atoms with Gasteiger partial charge in [-0.25, -0.2) is 4.68 Å². The van der Waals surface area contributed by atoms with Crippen molar-refractivity contribution in [3.05, 3.63) is 18.2 Å². The van der Waals surface area contributed by atoms with Crippen molar-refractivity contribution in [2.75, 3.05) is 12.8 Å². The number of rotatable bonds is 6. The summed E-state index contributed by atoms with van der Waals surface area (Å²) in [5.41, 5.74) is 7.36. The first-order valence-corrected chi connectivity index (χ1v) is 7.24. The van der Waals surface area contributed by atoms with E-state index in [9.17, 15) is 0 Å². The molecule has 0 fully saturated rings. The average Bonchev–Trinajstić information content (AvgIpc) is 2.94. The fourth-order valence-electron chi connectivity index (χ4n) is 2.23. The van der Waals surface area contributed by atoms with Gasteiger partial charge in [0.2, 0.25) is 0 Å². The van der Waals surface area contributed by atoms with Crippen molar-refractivity contribution in [3.8, 4) is 17.1 Å². The summed E-state index contributed by atoms with van der Waals surface area (Å²) in [7, 11) is 1.60. The fourth-order valence-corrected chi connectivity index (χ4v) is 2.23. The minimum absolute atomic E-state index is 0.251. The number of nitrogens with zero attached hydrogens (tertiary/aromatic N) is 4. The van der Waals surface area contributed by atoms with E-state index in [1.165, 1.54) is 0 Å². The Morgan fingerprint density at radius 3 is 2.67 bits per heavy atom. The maximum atomic E-state index is 5.85. The Hall–Kier alpha value is -2.11. The van der Waals surface area contributed by atoms with Gasteiger partial charge in [0.25, 0.3) is 0 Å². The first-order chi connectivity index (χ1) is 10.0. The third kappa shape index (κ3) is 3.51. The molecule has 0 aliphatic rings. The molecular formula is C15H23N5O. The van der Waals surface area contributed by atoms with Crippen LogP contribution in [0.15, 0.2) is 18.2 Å². The number of aromatic nitrogens is 4. The fraction of sp³-hybridized carbons (Fsp3) is 0.533. The molecule has 1 aromatic heterocycles. The Kier molecular flexibility index (Phi) is 4.77. The predicted molar refractivity (Wildman–Crippen MR) is 83.0 cm³/mol. The second-order valence-electron chi connectivity index (χ2n) is 5.72. The van der Waals surface area contributed by atoms with Gasteiger partial charge in [-0.15, -0.1) is 5.10 Å². The minimum atomic E-state index is 0.251. The van der Waals surface area contributed by atoms with Gasteiger partial charge in [-0.05, 0) is 54.3 Å². The molecule has 1 heterocycles. The topological polar surface area (TPSA) is 78.9 Å². The number of anilines is 1. The van der Waals surface area contributed by atoms with E-state index in [1.807, 2.05) is 22.9 Å². The van der Waals surface area contributed by atoms with Gasteiger partial charge in [-0.2, -0.15) is 0 Å². The van der Waals surface area contributed by atoms with Crippen molar-refractivity contribution in [2.24, 2.45) is 5.92 Å². The second kappa shape index (κ2) is 6.56. The molecule has 0 saturated heterocycles. The molecule has 0 radical (unpaired) electrons. The highest BCUT2D eigenvalue weighted by Crippen LogP contribution is 2.29. The largest absolute Gasteiger partial charge is 0.495 e. The lowest BCUT2D eigenvalue weighted by atomic mass is 10.0. The molecule has 2 rings (SSSR count). The van der Waals surface area contributed by atoms with Crippen molar-refractivity contribution >= 4 is 5.69 Å². The zero-order chi connectivity index (χ0) is 15.4. The van der Waals surface area contributed by atoms with Gasteiger partial charge >= 0.3 is 0 Å². The molecule has 1 unspecified atom stereocenters. The standard InChI is InChI=1S/C15H23N5O/c1-10(2)5-6-11(3)20-15(17-18-19-20)12-7-8-13(16)14(9-12)21-4/h7-11H,5-6,16H2,1-4H3. The summed E-state index contributed by atoms with van der Waals surface area (Å²) >= 11 is 0. The van der Waals surface area contributed by atoms with Gasteiger partial charge < -0.3 is 10.5 Å². The highest BCUT2D eigenvalue weighted by atomic mass is 16.5. The molecule has 0 bridgehead atoms. The lowest BCUT2D eigenvalue weighted by molar-refractivity contribution is 0.406. The lowest BCUT2D eigenvalue weighted by Gasteiger charge is -2.15. The molecule has 0 aliphatic heterocycles. The van der Waals surface area contributed by atoms with E-state index in [1.54, 1.807) is 7.11 Å². The molecular weight excluding hydrogens is 266 g/mol. The van der Waals surface area contributed by atoms with E-state index in [0.29, 0.717) is 17.4 Å². The molecule has 6 heteroatoms. The van der Waals surface area contributed by atoms with Crippen LogP contribution in [0.3, 0.4) is 0 Å². The van der Waals surface area contributed by atoms with Crippen LogP contribution in [-0.4, -0.2) is 27.3 Å². The van der Waals surface area contributed by atoms with Crippen LogP contribution in [-0.2, 0) is 0 Å². The van der Waals surface area contributed by atoms with E-state index in [4.69, 9.17) is 10.5 Å². The highest BCUT2D eigenvalue weighted by Gasteiger charge is 2.16. The molecule has 0 aliphatic carbocycles. The number of nitrogens with two attached hydrogens (primary N) is 1. The van der Waals surface area contributed by atoms with E-state index >= 15 is 0 Å². The van der Waals surface area contributed by atoms with Gasteiger partial charge in [-0.3, -0.25) is 0 Å². The molecule has 114 valence electrons. The predicted octanol–water partition coefficient (Wildman–Crippen LogP) is 2.93. The number of hydrogen-bond acceptors (Lipinski definition) is 5. The van der Waals surface area contributed by atoms with E-state index in [2.05, 4.69) is 36.3 Å². The van der Waals surface area contributed by atoms with Crippen molar-refractivity contribution in [1.82, 2.24) is 20.2 Å². The number of ether oxygens (including phenoxy) is 1. The van der Waals surface area contributed by atoms with Crippen LogP contribution in [0.25, 0.3) is 11.4 Å². The Balaban J connectivity index is 2.27. The van der Waals surface area contributed by atoms with Gasteiger partial charge in [-0.1, -0.05) is 13.8 Å². The van der Waals surface area contributed by atoms with Crippen LogP contribution >= 0.6 is 0 Å². The van der Waals surface area contributed by atoms with Crippen LogP contribution in [0.5, 0.6) is 5.75 Å². The molecule has 2 N–H and O–H groups in total. The molecule has 0 amide bonds. The third-order valence-electron chi connectivity index (χ3n) is 3.56. The Labute approximate surface area is 125 Å². The number of benzene rings is 1. The normalized spacial score (nSPS) is 12.6. The second-order valence-corrected chi connectivity index (χ2v) is 5.72. The summed E-state index contributed by atoms with van der Waals surface area (Å²) in [5, 5.41) is 12.1. The van der Waals surface area contributed by atoms with Gasteiger partial charge in [0.1, 0.15) is 5.75 Å². The van der Waals surface area contributed by atoms with E-state index < -0.39 is 0 Å². The van der Waals surface area contributed by atoms with Crippen molar-refractivity contribution in [2.45, 2.75) is 39.7 Å². The van der Waals surface area contributed by atoms with Gasteiger partial charge in [0.15, 0.2) is 5.82 Å². The monoisotopic (exact) mass is 289 g/mol. The van der Waals surface area contributed by atoms with Gasteiger partial charge in [0, 0.05) is 5.56 Å². The molecule has 21 heavy (non-hydrogen) atoms. The number of methoxy groups -OCH3 is 1. The Morgan fingerprint density at radius 1 is 1.24 bits per heavy atom. The maximum absolute atomic E-state index is 5.85. The SMILES string of the molecule is COc1cc(-c2nnnn2C(C)CCC(C)C)ccc1N. The van der Waals surface area contributed by atoms with E-state index in [-0.39, 0.29) is 6.04 Å². The van der Waals surface area contributed by atoms with Gasteiger partial charge in [0.05, 0.1) is 18.8 Å². The summed E-state index contributed by atoms with van der Waals surface area (Å²) in [4.78, 5) is 0. The smallest absolute Gasteiger partial charge is 0.182 e. The van der Waals surface area contributed by atoms with Crippen LogP contribution < -0.4 is 10.5 Å². The summed E-state index contributed by atoms with van der Waals surface area (Å²) in [6.07, 6.45) is 2.19. The molecule has 0 saturated carbocycles. The molecule has 0 spiro atoms. The number of tetrazole rings is 1. The van der Waals surface area contributed by atoms with E-state index in [0.717, 1.165) is 24.2 Å². The highest BCUT2D eigenvalue weighted by molar-refractivity contribution is 5.65. The number of hydrogen-bond donors (Lipinski definition) is 1. The summed E-state index contributed by atoms with van der Waals surface area (Å²) in [6, 6.07) is 5.84. The summed E-state index contributed by atoms with van der Waals surface area (Å²) in [6.45, 7) is 6.58. The number of nitrogen functional groups attached to an aromatic ring is 1. The first kappa shape index (κ1) is 15.3. The summed E-state index contributed by atoms with van der Waals surface area (Å²) < 4.78 is 7.13. The Bertz CT molecular complexity index is 593. The molecule has 1 aromatic carbocycles. The zero-order valence-corrected chi connectivity index (χ0v) is 13.1. The first-order valence-electron chi connectivity index (χ1n) is 7.24. The van der Waals surface area contributed by atoms with Crippen LogP contribution in [0.2, 0.25) is 0 Å². The maximum Gasteiger partial charge on any atom is 0.182 e. The molecule has 1 atom stereocenters. The lowest BCUT2D eigenvalue weighted by Crippen LogP contribution is -2.10. The van der Waals surface area contributed by atoms with Crippen LogP contribution in [0.4, 0.5) is 5.69 Å². The van der Waals surface area contributed by atoms with Crippen molar-refractivity contribution in [3.63, 3.8) is 0 Å². The van der Waals surface area contributed by atoms with Crippen LogP contribution in [0.1, 0.15) is 39.7 Å². The minimum Gasteiger partial charge on any atom is -0.495 e. The average molecular weight is 289 g/mol. The Morgan fingerprint density at radius 2 is 2.00 bits per heavy atom. The van der Waals surface area contributed by atoms with Crippen molar-refractivity contribution in [1.29, 1.82) is 0 Å². The quantitative estimate of drug-likeness (QED) is 0.827. The zero-order valence-electron chi connectivity index (χ0n) is 13.1.